The molecule has 0 aliphatic heterocycles. The van der Waals surface area contributed by atoms with E-state index in [2.05, 4.69) is 33.0 Å². The van der Waals surface area contributed by atoms with Crippen LogP contribution in [0, 0.1) is 29.6 Å². The van der Waals surface area contributed by atoms with Gasteiger partial charge >= 0.3 is 0 Å². The fraction of sp³-hybridized carbons (Fsp3) is 0.857. The topological polar surface area (TPSA) is 72.2 Å². The largest absolute Gasteiger partial charge is 0.368 e. The molecule has 1 fully saturated rings. The third kappa shape index (κ3) is 3.47. The van der Waals surface area contributed by atoms with Crippen LogP contribution in [0.5, 0.6) is 0 Å². The van der Waals surface area contributed by atoms with Crippen molar-refractivity contribution < 1.29 is 9.59 Å². The summed E-state index contributed by atoms with van der Waals surface area (Å²) in [4.78, 5) is 22.9. The first kappa shape index (κ1) is 15.0. The molecule has 4 unspecified atom stereocenters. The van der Waals surface area contributed by atoms with Crippen LogP contribution in [-0.2, 0) is 9.59 Å². The van der Waals surface area contributed by atoms with E-state index in [9.17, 15) is 9.59 Å². The van der Waals surface area contributed by atoms with Crippen molar-refractivity contribution in [1.82, 2.24) is 5.32 Å². The number of hydrogen-bond donors (Lipinski definition) is 2. The van der Waals surface area contributed by atoms with Crippen LogP contribution < -0.4 is 11.1 Å². The van der Waals surface area contributed by atoms with Crippen molar-refractivity contribution in [1.29, 1.82) is 0 Å². The second-order valence-electron chi connectivity index (χ2n) is 6.03. The lowest BCUT2D eigenvalue weighted by Crippen LogP contribution is -2.46. The third-order valence-electron chi connectivity index (χ3n) is 4.41. The van der Waals surface area contributed by atoms with Crippen LogP contribution in [0.4, 0.5) is 0 Å². The summed E-state index contributed by atoms with van der Waals surface area (Å²) in [5.74, 6) is 1.43. The first-order valence-corrected chi connectivity index (χ1v) is 6.90. The van der Waals surface area contributed by atoms with Gasteiger partial charge in [-0.05, 0) is 36.5 Å². The van der Waals surface area contributed by atoms with Gasteiger partial charge in [0, 0.05) is 5.92 Å². The second kappa shape index (κ2) is 6.21. The fourth-order valence-corrected chi connectivity index (χ4v) is 3.41. The van der Waals surface area contributed by atoms with E-state index < -0.39 is 5.91 Å². The maximum absolute atomic E-state index is 12.2. The van der Waals surface area contributed by atoms with E-state index >= 15 is 0 Å². The Morgan fingerprint density at radius 3 is 2.39 bits per heavy atom. The molecule has 4 atom stereocenters. The molecule has 1 aliphatic carbocycles. The predicted octanol–water partition coefficient (Wildman–Crippen LogP) is 1.54. The molecule has 3 N–H and O–H groups in total. The van der Waals surface area contributed by atoms with E-state index in [0.717, 1.165) is 6.42 Å². The molecule has 2 amide bonds. The number of carbonyl (C=O) groups excluding carboxylic acids is 2. The molecular formula is C14H26N2O2. The summed E-state index contributed by atoms with van der Waals surface area (Å²) in [6.07, 6.45) is 2.28. The highest BCUT2D eigenvalue weighted by Gasteiger charge is 2.39. The Bertz CT molecular complexity index is 315. The smallest absolute Gasteiger partial charge is 0.236 e. The molecule has 4 nitrogen and oxygen atoms in total. The molecular weight excluding hydrogens is 228 g/mol. The zero-order valence-corrected chi connectivity index (χ0v) is 11.9. The number of hydrogen-bond acceptors (Lipinski definition) is 2. The standard InChI is InChI=1S/C14H26N2O2/c1-8(2)11-6-5-9(3)13(10(11)4)14(18)16-7-12(15)17/h8-11,13H,5-7H2,1-4H3,(H2,15,17)(H,16,18). The van der Waals surface area contributed by atoms with E-state index in [0.29, 0.717) is 23.7 Å². The van der Waals surface area contributed by atoms with Gasteiger partial charge in [0.1, 0.15) is 0 Å². The lowest BCUT2D eigenvalue weighted by molar-refractivity contribution is -0.133. The molecule has 0 spiro atoms. The first-order chi connectivity index (χ1) is 8.34. The summed E-state index contributed by atoms with van der Waals surface area (Å²) in [7, 11) is 0. The normalized spacial score (nSPS) is 32.3. The maximum atomic E-state index is 12.2. The van der Waals surface area contributed by atoms with Gasteiger partial charge in [0.05, 0.1) is 6.54 Å². The number of nitrogens with two attached hydrogens (primary N) is 1. The first-order valence-electron chi connectivity index (χ1n) is 6.90. The van der Waals surface area contributed by atoms with Gasteiger partial charge < -0.3 is 11.1 Å². The molecule has 0 aromatic carbocycles. The summed E-state index contributed by atoms with van der Waals surface area (Å²) in [6, 6.07) is 0. The van der Waals surface area contributed by atoms with E-state index in [-0.39, 0.29) is 18.4 Å². The number of nitrogens with one attached hydrogen (secondary N) is 1. The van der Waals surface area contributed by atoms with E-state index in [1.165, 1.54) is 6.42 Å². The van der Waals surface area contributed by atoms with E-state index in [4.69, 9.17) is 5.73 Å². The van der Waals surface area contributed by atoms with E-state index in [1.807, 2.05) is 0 Å². The minimum absolute atomic E-state index is 0.00509. The Hall–Kier alpha value is -1.06. The molecule has 0 radical (unpaired) electrons. The predicted molar refractivity (Wildman–Crippen MR) is 71.6 cm³/mol. The highest BCUT2D eigenvalue weighted by Crippen LogP contribution is 2.41. The van der Waals surface area contributed by atoms with Crippen LogP contribution in [0.1, 0.15) is 40.5 Å². The summed E-state index contributed by atoms with van der Waals surface area (Å²) in [6.45, 7) is 8.67. The van der Waals surface area contributed by atoms with Crippen molar-refractivity contribution in [2.75, 3.05) is 6.54 Å². The highest BCUT2D eigenvalue weighted by molar-refractivity contribution is 5.85. The zero-order valence-electron chi connectivity index (χ0n) is 11.9. The lowest BCUT2D eigenvalue weighted by atomic mass is 9.64. The molecule has 1 saturated carbocycles. The van der Waals surface area contributed by atoms with Crippen molar-refractivity contribution in [2.45, 2.75) is 40.5 Å². The van der Waals surface area contributed by atoms with E-state index in [1.54, 1.807) is 0 Å². The van der Waals surface area contributed by atoms with Crippen molar-refractivity contribution in [3.05, 3.63) is 0 Å². The van der Waals surface area contributed by atoms with Gasteiger partial charge in [-0.15, -0.1) is 0 Å². The Morgan fingerprint density at radius 2 is 1.89 bits per heavy atom. The monoisotopic (exact) mass is 254 g/mol. The summed E-state index contributed by atoms with van der Waals surface area (Å²) in [5.41, 5.74) is 5.06. The molecule has 4 heteroatoms. The average Bonchev–Trinajstić information content (AvgIpc) is 2.25. The van der Waals surface area contributed by atoms with Gasteiger partial charge in [-0.1, -0.05) is 27.7 Å². The number of carbonyl (C=O) groups is 2. The second-order valence-corrected chi connectivity index (χ2v) is 6.03. The number of primary amides is 1. The van der Waals surface area contributed by atoms with Crippen molar-refractivity contribution >= 4 is 11.8 Å². The van der Waals surface area contributed by atoms with Crippen molar-refractivity contribution in [2.24, 2.45) is 35.3 Å². The highest BCUT2D eigenvalue weighted by atomic mass is 16.2. The van der Waals surface area contributed by atoms with Gasteiger partial charge in [0.15, 0.2) is 0 Å². The zero-order chi connectivity index (χ0) is 13.9. The van der Waals surface area contributed by atoms with Crippen LogP contribution in [0.3, 0.4) is 0 Å². The van der Waals surface area contributed by atoms with Crippen LogP contribution in [0.25, 0.3) is 0 Å². The van der Waals surface area contributed by atoms with Gasteiger partial charge in [-0.2, -0.15) is 0 Å². The SMILES string of the molecule is CC(C)C1CCC(C)C(C(=O)NCC(N)=O)C1C. The lowest BCUT2D eigenvalue weighted by Gasteiger charge is -2.41. The molecule has 0 aromatic heterocycles. The molecule has 0 heterocycles. The molecule has 0 saturated heterocycles. The fourth-order valence-electron chi connectivity index (χ4n) is 3.41. The van der Waals surface area contributed by atoms with Crippen LogP contribution in [-0.4, -0.2) is 18.4 Å². The third-order valence-corrected chi connectivity index (χ3v) is 4.41. The van der Waals surface area contributed by atoms with Gasteiger partial charge in [-0.3, -0.25) is 9.59 Å². The summed E-state index contributed by atoms with van der Waals surface area (Å²) >= 11 is 0. The van der Waals surface area contributed by atoms with Crippen molar-refractivity contribution in [3.63, 3.8) is 0 Å². The summed E-state index contributed by atoms with van der Waals surface area (Å²) in [5, 5.41) is 2.66. The molecule has 0 bridgehead atoms. The molecule has 1 aliphatic rings. The number of rotatable bonds is 4. The van der Waals surface area contributed by atoms with Crippen LogP contribution in [0.2, 0.25) is 0 Å². The quantitative estimate of drug-likeness (QED) is 0.798. The Balaban J connectivity index is 2.70. The van der Waals surface area contributed by atoms with Crippen LogP contribution in [0.15, 0.2) is 0 Å². The number of amides is 2. The average molecular weight is 254 g/mol. The molecule has 104 valence electrons. The minimum atomic E-state index is -0.486. The van der Waals surface area contributed by atoms with Gasteiger partial charge in [0.25, 0.3) is 0 Å². The molecule has 0 aromatic rings. The Kier molecular flexibility index (Phi) is 5.17. The van der Waals surface area contributed by atoms with Crippen LogP contribution >= 0.6 is 0 Å². The Labute approximate surface area is 110 Å². The van der Waals surface area contributed by atoms with Gasteiger partial charge in [-0.25, -0.2) is 0 Å². The Morgan fingerprint density at radius 1 is 1.28 bits per heavy atom. The van der Waals surface area contributed by atoms with Gasteiger partial charge in [0.2, 0.25) is 11.8 Å². The molecule has 18 heavy (non-hydrogen) atoms. The molecule has 1 rings (SSSR count). The maximum Gasteiger partial charge on any atom is 0.236 e. The minimum Gasteiger partial charge on any atom is -0.368 e. The van der Waals surface area contributed by atoms with Crippen molar-refractivity contribution in [3.8, 4) is 0 Å². The summed E-state index contributed by atoms with van der Waals surface area (Å²) < 4.78 is 0.